The summed E-state index contributed by atoms with van der Waals surface area (Å²) in [7, 11) is 0. The molecule has 0 aromatic carbocycles. The van der Waals surface area contributed by atoms with Gasteiger partial charge in [0, 0.05) is 63.4 Å². The Balaban J connectivity index is 0.00000157. The molecule has 3 aromatic heterocycles. The van der Waals surface area contributed by atoms with Crippen LogP contribution in [0.15, 0.2) is 48.5 Å². The van der Waals surface area contributed by atoms with Gasteiger partial charge in [-0.1, -0.05) is 0 Å². The second kappa shape index (κ2) is 6.70. The Bertz CT molecular complexity index is 990. The van der Waals surface area contributed by atoms with E-state index in [2.05, 4.69) is 44.2 Å². The van der Waals surface area contributed by atoms with Crippen LogP contribution in [0.1, 0.15) is 22.8 Å². The van der Waals surface area contributed by atoms with Crippen LogP contribution in [0.3, 0.4) is 0 Å². The summed E-state index contributed by atoms with van der Waals surface area (Å²) < 4.78 is 0. The van der Waals surface area contributed by atoms with E-state index in [9.17, 15) is 0 Å². The van der Waals surface area contributed by atoms with E-state index >= 15 is 0 Å². The quantitative estimate of drug-likeness (QED) is 0.360. The third kappa shape index (κ3) is 3.51. The van der Waals surface area contributed by atoms with Crippen LogP contribution in [0.5, 0.6) is 0 Å². The number of aromatic nitrogens is 4. The predicted octanol–water partition coefficient (Wildman–Crippen LogP) is 4.66. The van der Waals surface area contributed by atoms with Crippen molar-refractivity contribution in [1.82, 2.24) is 19.9 Å². The molecule has 0 saturated heterocycles. The van der Waals surface area contributed by atoms with Crippen molar-refractivity contribution in [3.8, 4) is 0 Å². The SMILES string of the molecule is C1=Cc2cc3ccc(cc4nc(cc5ccc(cc1n2)[nH]5)C=C4)[nH]3.[Pr]. The molecule has 0 saturated carbocycles. The molecule has 0 spiro atoms. The smallest absolute Gasteiger partial charge is 0.0658 e. The van der Waals surface area contributed by atoms with Gasteiger partial charge in [-0.15, -0.1) is 0 Å². The second-order valence-corrected chi connectivity index (χ2v) is 5.91. The zero-order chi connectivity index (χ0) is 15.9. The molecule has 3 aromatic rings. The molecule has 5 heterocycles. The van der Waals surface area contributed by atoms with Gasteiger partial charge in [0.15, 0.2) is 0 Å². The van der Waals surface area contributed by atoms with E-state index in [0.717, 1.165) is 44.8 Å². The van der Waals surface area contributed by atoms with E-state index in [4.69, 9.17) is 0 Å². The maximum Gasteiger partial charge on any atom is 0.0658 e. The number of fused-ring (bicyclic) bond motifs is 8. The average Bonchev–Trinajstić information content (AvgIpc) is 3.32. The van der Waals surface area contributed by atoms with Crippen molar-refractivity contribution in [2.75, 3.05) is 0 Å². The van der Waals surface area contributed by atoms with Gasteiger partial charge in [-0.25, -0.2) is 9.97 Å². The van der Waals surface area contributed by atoms with Gasteiger partial charge in [-0.05, 0) is 72.8 Å². The van der Waals surface area contributed by atoms with Crippen molar-refractivity contribution < 1.29 is 41.3 Å². The summed E-state index contributed by atoms with van der Waals surface area (Å²) in [4.78, 5) is 16.0. The van der Waals surface area contributed by atoms with E-state index in [1.54, 1.807) is 0 Å². The number of H-pyrrole nitrogens is 2. The second-order valence-electron chi connectivity index (χ2n) is 5.91. The molecule has 1 radical (unpaired) electrons. The number of aromatic amines is 2. The third-order valence-corrected chi connectivity index (χ3v) is 4.04. The molecule has 0 unspecified atom stereocenters. The van der Waals surface area contributed by atoms with Crippen LogP contribution in [-0.4, -0.2) is 19.9 Å². The first kappa shape index (κ1) is 16.4. The van der Waals surface area contributed by atoms with Gasteiger partial charge >= 0.3 is 0 Å². The summed E-state index contributed by atoms with van der Waals surface area (Å²) in [5.74, 6) is 0. The van der Waals surface area contributed by atoms with Gasteiger partial charge < -0.3 is 9.97 Å². The molecule has 0 aliphatic carbocycles. The molecule has 0 fully saturated rings. The minimum absolute atomic E-state index is 0. The number of hydrogen-bond donors (Lipinski definition) is 2. The topological polar surface area (TPSA) is 57.4 Å². The van der Waals surface area contributed by atoms with Gasteiger partial charge in [-0.3, -0.25) is 0 Å². The first-order valence-electron chi connectivity index (χ1n) is 7.85. The molecule has 117 valence electrons. The number of nitrogens with one attached hydrogen (secondary N) is 2. The van der Waals surface area contributed by atoms with Gasteiger partial charge in [0.1, 0.15) is 0 Å². The van der Waals surface area contributed by atoms with Crippen molar-refractivity contribution in [1.29, 1.82) is 0 Å². The molecule has 5 heteroatoms. The average molecular weight is 451 g/mol. The van der Waals surface area contributed by atoms with Gasteiger partial charge in [0.2, 0.25) is 0 Å². The number of hydrogen-bond acceptors (Lipinski definition) is 2. The monoisotopic (exact) mass is 451 g/mol. The first-order chi connectivity index (χ1) is 11.8. The normalized spacial score (nSPS) is 12.2. The Morgan fingerprint density at radius 1 is 0.480 bits per heavy atom. The molecular formula is C20H14N4Pr. The number of rotatable bonds is 0. The maximum atomic E-state index is 4.63. The molecule has 2 aliphatic rings. The third-order valence-electron chi connectivity index (χ3n) is 4.04. The summed E-state index contributed by atoms with van der Waals surface area (Å²) in [5, 5.41) is 0. The van der Waals surface area contributed by atoms with Crippen molar-refractivity contribution >= 4 is 46.4 Å². The fourth-order valence-electron chi connectivity index (χ4n) is 2.94. The van der Waals surface area contributed by atoms with Crippen molar-refractivity contribution in [2.24, 2.45) is 0 Å². The van der Waals surface area contributed by atoms with Gasteiger partial charge in [-0.2, -0.15) is 0 Å². The van der Waals surface area contributed by atoms with Gasteiger partial charge in [0.25, 0.3) is 0 Å². The standard InChI is InChI=1S/C20H14N4.Pr/c1-2-14-10-16-5-6-18(23-16)12-20-8-7-19(24-20)11-17-4-3-15(22-17)9-13(1)21-14;/h1-12,21,24H;. The van der Waals surface area contributed by atoms with Crippen LogP contribution in [0, 0.1) is 41.3 Å². The minimum atomic E-state index is 0. The summed E-state index contributed by atoms with van der Waals surface area (Å²) in [6.45, 7) is 0. The van der Waals surface area contributed by atoms with Crippen molar-refractivity contribution in [2.45, 2.75) is 0 Å². The summed E-state index contributed by atoms with van der Waals surface area (Å²) in [6.07, 6.45) is 8.09. The Hall–Kier alpha value is -2.04. The van der Waals surface area contributed by atoms with Crippen LogP contribution in [0.2, 0.25) is 0 Å². The molecule has 0 atom stereocenters. The van der Waals surface area contributed by atoms with E-state index in [-0.39, 0.29) is 41.3 Å². The Morgan fingerprint density at radius 3 is 1.04 bits per heavy atom. The zero-order valence-electron chi connectivity index (χ0n) is 13.4. The molecule has 5 rings (SSSR count). The van der Waals surface area contributed by atoms with Crippen LogP contribution in [0.25, 0.3) is 46.4 Å². The predicted molar refractivity (Wildman–Crippen MR) is 98.9 cm³/mol. The minimum Gasteiger partial charge on any atom is -0.355 e. The fourth-order valence-corrected chi connectivity index (χ4v) is 2.94. The van der Waals surface area contributed by atoms with Gasteiger partial charge in [0.05, 0.1) is 22.8 Å². The Morgan fingerprint density at radius 2 is 0.760 bits per heavy atom. The van der Waals surface area contributed by atoms with Crippen molar-refractivity contribution in [3.05, 3.63) is 71.3 Å². The molecular weight excluding hydrogens is 437 g/mol. The fraction of sp³-hybridized carbons (Fsp3) is 0. The summed E-state index contributed by atoms with van der Waals surface area (Å²) in [6, 6.07) is 16.4. The maximum absolute atomic E-state index is 4.63. The largest absolute Gasteiger partial charge is 0.355 e. The molecule has 2 aliphatic heterocycles. The summed E-state index contributed by atoms with van der Waals surface area (Å²) >= 11 is 0. The van der Waals surface area contributed by atoms with E-state index in [1.165, 1.54) is 0 Å². The zero-order valence-corrected chi connectivity index (χ0v) is 17.1. The molecule has 4 nitrogen and oxygen atoms in total. The van der Waals surface area contributed by atoms with Crippen LogP contribution in [-0.2, 0) is 0 Å². The molecule has 8 bridgehead atoms. The Labute approximate surface area is 177 Å². The molecule has 25 heavy (non-hydrogen) atoms. The summed E-state index contributed by atoms with van der Waals surface area (Å²) in [5.41, 5.74) is 7.86. The van der Waals surface area contributed by atoms with E-state index in [1.807, 2.05) is 48.6 Å². The van der Waals surface area contributed by atoms with E-state index in [0.29, 0.717) is 0 Å². The molecule has 2 N–H and O–H groups in total. The Kier molecular flexibility index (Phi) is 4.40. The van der Waals surface area contributed by atoms with Crippen LogP contribution in [0.4, 0.5) is 0 Å². The van der Waals surface area contributed by atoms with Crippen LogP contribution < -0.4 is 0 Å². The van der Waals surface area contributed by atoms with E-state index < -0.39 is 0 Å². The van der Waals surface area contributed by atoms with Crippen LogP contribution >= 0.6 is 0 Å². The molecule has 0 amide bonds. The first-order valence-corrected chi connectivity index (χ1v) is 7.85. The van der Waals surface area contributed by atoms with Crippen molar-refractivity contribution in [3.63, 3.8) is 0 Å². The number of nitrogens with zero attached hydrogens (tertiary/aromatic N) is 2.